The number of alkyl carbamates (subject to hydrolysis) is 1. The number of amides is 2. The Kier molecular flexibility index (Phi) is 5.80. The van der Waals surface area contributed by atoms with Crippen LogP contribution in [-0.4, -0.2) is 36.2 Å². The molecule has 6 heteroatoms. The molecule has 1 fully saturated rings. The predicted octanol–water partition coefficient (Wildman–Crippen LogP) is 1.14. The average molecular weight is 285 g/mol. The molecule has 2 unspecified atom stereocenters. The van der Waals surface area contributed by atoms with E-state index in [0.29, 0.717) is 6.42 Å². The van der Waals surface area contributed by atoms with E-state index < -0.39 is 11.7 Å². The van der Waals surface area contributed by atoms with Crippen molar-refractivity contribution in [1.29, 1.82) is 0 Å². The molecular weight excluding hydrogens is 258 g/mol. The van der Waals surface area contributed by atoms with Crippen molar-refractivity contribution in [2.45, 2.75) is 64.6 Å². The maximum Gasteiger partial charge on any atom is 0.407 e. The highest BCUT2D eigenvalue weighted by Gasteiger charge is 2.31. The lowest BCUT2D eigenvalue weighted by molar-refractivity contribution is -0.121. The van der Waals surface area contributed by atoms with E-state index in [9.17, 15) is 9.59 Å². The third kappa shape index (κ3) is 5.36. The fourth-order valence-electron chi connectivity index (χ4n) is 2.54. The molecule has 20 heavy (non-hydrogen) atoms. The summed E-state index contributed by atoms with van der Waals surface area (Å²) in [5.41, 5.74) is 4.83. The second kappa shape index (κ2) is 6.92. The summed E-state index contributed by atoms with van der Waals surface area (Å²) in [4.78, 5) is 23.1. The largest absolute Gasteiger partial charge is 0.444 e. The number of ether oxygens (including phenoxy) is 1. The number of primary amides is 1. The Morgan fingerprint density at radius 1 is 1.45 bits per heavy atom. The summed E-state index contributed by atoms with van der Waals surface area (Å²) in [5, 5.41) is 6.01. The van der Waals surface area contributed by atoms with Gasteiger partial charge in [0.15, 0.2) is 0 Å². The molecule has 3 atom stereocenters. The highest BCUT2D eigenvalue weighted by Crippen LogP contribution is 2.22. The lowest BCUT2D eigenvalue weighted by atomic mass is 9.85. The van der Waals surface area contributed by atoms with Crippen molar-refractivity contribution < 1.29 is 14.3 Å². The van der Waals surface area contributed by atoms with Gasteiger partial charge in [-0.25, -0.2) is 4.79 Å². The molecule has 0 aromatic rings. The molecule has 0 saturated carbocycles. The summed E-state index contributed by atoms with van der Waals surface area (Å²) in [6.45, 7) is 8.26. The Morgan fingerprint density at radius 3 is 2.60 bits per heavy atom. The summed E-state index contributed by atoms with van der Waals surface area (Å²) >= 11 is 0. The zero-order valence-electron chi connectivity index (χ0n) is 12.9. The zero-order valence-corrected chi connectivity index (χ0v) is 12.9. The average Bonchev–Trinajstić information content (AvgIpc) is 2.34. The minimum absolute atomic E-state index is 0.00815. The fraction of sp³-hybridized carbons (Fsp3) is 0.857. The van der Waals surface area contributed by atoms with Crippen LogP contribution < -0.4 is 16.4 Å². The maximum absolute atomic E-state index is 11.8. The second-order valence-corrected chi connectivity index (χ2v) is 6.35. The van der Waals surface area contributed by atoms with E-state index in [2.05, 4.69) is 10.6 Å². The van der Waals surface area contributed by atoms with Gasteiger partial charge < -0.3 is 21.1 Å². The van der Waals surface area contributed by atoms with Gasteiger partial charge in [0.05, 0.1) is 6.04 Å². The normalized spacial score (nSPS) is 24.8. The number of nitrogens with one attached hydrogen (secondary N) is 2. The van der Waals surface area contributed by atoms with E-state index in [1.54, 1.807) is 0 Å². The second-order valence-electron chi connectivity index (χ2n) is 6.35. The standard InChI is InChI=1S/C14H27N3O3/c1-5-10(17-13(19)20-14(2,3)4)9-6-7-16-11(8-9)12(15)18/h9-11,16H,5-8H2,1-4H3,(H2,15,18)(H,17,19)/t9?,10-,11?/m0/s1. The summed E-state index contributed by atoms with van der Waals surface area (Å²) in [6.07, 6.45) is 1.97. The van der Waals surface area contributed by atoms with Gasteiger partial charge in [-0.05, 0) is 52.5 Å². The summed E-state index contributed by atoms with van der Waals surface area (Å²) in [5.74, 6) is -0.0897. The lowest BCUT2D eigenvalue weighted by Crippen LogP contribution is -2.52. The van der Waals surface area contributed by atoms with Crippen molar-refractivity contribution in [2.75, 3.05) is 6.54 Å². The van der Waals surface area contributed by atoms with Gasteiger partial charge in [0, 0.05) is 6.04 Å². The molecule has 0 bridgehead atoms. The van der Waals surface area contributed by atoms with Crippen LogP contribution in [0.1, 0.15) is 47.0 Å². The third-order valence-electron chi connectivity index (χ3n) is 3.50. The molecule has 2 amide bonds. The molecule has 116 valence electrons. The van der Waals surface area contributed by atoms with Gasteiger partial charge >= 0.3 is 6.09 Å². The number of piperidine rings is 1. The molecule has 1 aliphatic rings. The van der Waals surface area contributed by atoms with Crippen LogP contribution in [0.2, 0.25) is 0 Å². The van der Waals surface area contributed by atoms with E-state index in [1.165, 1.54) is 0 Å². The Balaban J connectivity index is 2.57. The molecule has 0 aromatic carbocycles. The molecule has 1 aliphatic heterocycles. The van der Waals surface area contributed by atoms with Crippen molar-refractivity contribution in [1.82, 2.24) is 10.6 Å². The summed E-state index contributed by atoms with van der Waals surface area (Å²) in [6, 6.07) is -0.294. The van der Waals surface area contributed by atoms with Crippen LogP contribution in [-0.2, 0) is 9.53 Å². The fourth-order valence-corrected chi connectivity index (χ4v) is 2.54. The minimum atomic E-state index is -0.508. The predicted molar refractivity (Wildman–Crippen MR) is 77.2 cm³/mol. The van der Waals surface area contributed by atoms with Crippen molar-refractivity contribution in [3.05, 3.63) is 0 Å². The van der Waals surface area contributed by atoms with Gasteiger partial charge in [0.2, 0.25) is 5.91 Å². The van der Waals surface area contributed by atoms with Crippen LogP contribution in [0.5, 0.6) is 0 Å². The van der Waals surface area contributed by atoms with Crippen LogP contribution in [0.4, 0.5) is 4.79 Å². The van der Waals surface area contributed by atoms with Crippen LogP contribution in [0.25, 0.3) is 0 Å². The first-order chi connectivity index (χ1) is 9.23. The maximum atomic E-state index is 11.8. The van der Waals surface area contributed by atoms with Gasteiger partial charge in [-0.3, -0.25) is 4.79 Å². The lowest BCUT2D eigenvalue weighted by Gasteiger charge is -2.34. The van der Waals surface area contributed by atoms with Crippen LogP contribution in [0.15, 0.2) is 0 Å². The molecule has 1 heterocycles. The molecule has 1 rings (SSSR count). The number of rotatable bonds is 4. The summed E-state index contributed by atoms with van der Waals surface area (Å²) < 4.78 is 5.28. The number of carbonyl (C=O) groups excluding carboxylic acids is 2. The molecular formula is C14H27N3O3. The van der Waals surface area contributed by atoms with E-state index in [0.717, 1.165) is 19.4 Å². The van der Waals surface area contributed by atoms with E-state index in [1.807, 2.05) is 27.7 Å². The van der Waals surface area contributed by atoms with Crippen molar-refractivity contribution in [3.8, 4) is 0 Å². The molecule has 0 spiro atoms. The molecule has 0 radical (unpaired) electrons. The topological polar surface area (TPSA) is 93.4 Å². The van der Waals surface area contributed by atoms with Crippen LogP contribution in [0, 0.1) is 5.92 Å². The monoisotopic (exact) mass is 285 g/mol. The molecule has 0 aliphatic carbocycles. The van der Waals surface area contributed by atoms with Crippen molar-refractivity contribution >= 4 is 12.0 Å². The SMILES string of the molecule is CC[C@H](NC(=O)OC(C)(C)C)C1CCNC(C(N)=O)C1. The van der Waals surface area contributed by atoms with E-state index in [4.69, 9.17) is 10.5 Å². The molecule has 1 saturated heterocycles. The van der Waals surface area contributed by atoms with E-state index >= 15 is 0 Å². The Morgan fingerprint density at radius 2 is 2.10 bits per heavy atom. The number of hydrogen-bond acceptors (Lipinski definition) is 4. The highest BCUT2D eigenvalue weighted by molar-refractivity contribution is 5.80. The van der Waals surface area contributed by atoms with Gasteiger partial charge in [0.25, 0.3) is 0 Å². The van der Waals surface area contributed by atoms with Crippen molar-refractivity contribution in [2.24, 2.45) is 11.7 Å². The van der Waals surface area contributed by atoms with Gasteiger partial charge in [-0.2, -0.15) is 0 Å². The van der Waals surface area contributed by atoms with Gasteiger partial charge in [-0.1, -0.05) is 6.92 Å². The smallest absolute Gasteiger partial charge is 0.407 e. The van der Waals surface area contributed by atoms with Gasteiger partial charge in [-0.15, -0.1) is 0 Å². The molecule has 6 nitrogen and oxygen atoms in total. The summed E-state index contributed by atoms with van der Waals surface area (Å²) in [7, 11) is 0. The number of hydrogen-bond donors (Lipinski definition) is 3. The number of nitrogens with two attached hydrogens (primary N) is 1. The first-order valence-electron chi connectivity index (χ1n) is 7.25. The Bertz CT molecular complexity index is 352. The Labute approximate surface area is 120 Å². The van der Waals surface area contributed by atoms with E-state index in [-0.39, 0.29) is 23.9 Å². The zero-order chi connectivity index (χ0) is 15.3. The number of carbonyl (C=O) groups is 2. The van der Waals surface area contributed by atoms with Crippen LogP contribution >= 0.6 is 0 Å². The third-order valence-corrected chi connectivity index (χ3v) is 3.50. The van der Waals surface area contributed by atoms with Crippen molar-refractivity contribution in [3.63, 3.8) is 0 Å². The van der Waals surface area contributed by atoms with Crippen LogP contribution in [0.3, 0.4) is 0 Å². The first-order valence-corrected chi connectivity index (χ1v) is 7.25. The Hall–Kier alpha value is -1.30. The first kappa shape index (κ1) is 16.8. The quantitative estimate of drug-likeness (QED) is 0.722. The molecule has 0 aromatic heterocycles. The minimum Gasteiger partial charge on any atom is -0.444 e. The van der Waals surface area contributed by atoms with Gasteiger partial charge in [0.1, 0.15) is 5.60 Å². The highest BCUT2D eigenvalue weighted by atomic mass is 16.6. The molecule has 4 N–H and O–H groups in total.